The molecular formula is C18H32ClN. The summed E-state index contributed by atoms with van der Waals surface area (Å²) in [5, 5.41) is 0. The van der Waals surface area contributed by atoms with Crippen LogP contribution in [0.25, 0.3) is 0 Å². The van der Waals surface area contributed by atoms with Crippen LogP contribution in [0.5, 0.6) is 0 Å². The van der Waals surface area contributed by atoms with E-state index in [0.717, 1.165) is 6.42 Å². The normalized spacial score (nSPS) is 25.2. The number of alkyl halides is 1. The summed E-state index contributed by atoms with van der Waals surface area (Å²) < 4.78 is 0. The molecule has 116 valence electrons. The monoisotopic (exact) mass is 297 g/mol. The fraction of sp³-hybridized carbons (Fsp3) is 0.778. The molecule has 20 heavy (non-hydrogen) atoms. The second kappa shape index (κ2) is 10.5. The van der Waals surface area contributed by atoms with E-state index < -0.39 is 0 Å². The topological polar surface area (TPSA) is 26.0 Å². The third-order valence-electron chi connectivity index (χ3n) is 4.27. The van der Waals surface area contributed by atoms with Gasteiger partial charge in [-0.2, -0.15) is 0 Å². The highest BCUT2D eigenvalue weighted by atomic mass is 35.5. The van der Waals surface area contributed by atoms with Crippen molar-refractivity contribution in [2.45, 2.75) is 88.5 Å². The van der Waals surface area contributed by atoms with Crippen LogP contribution in [-0.4, -0.2) is 10.9 Å². The Balaban J connectivity index is 1.94. The van der Waals surface area contributed by atoms with Gasteiger partial charge in [0.25, 0.3) is 0 Å². The van der Waals surface area contributed by atoms with E-state index in [1.165, 1.54) is 64.2 Å². The molecule has 0 aromatic rings. The van der Waals surface area contributed by atoms with Crippen LogP contribution in [0, 0.1) is 0 Å². The number of hydrogen-bond acceptors (Lipinski definition) is 1. The fourth-order valence-electron chi connectivity index (χ4n) is 2.80. The second-order valence-electron chi connectivity index (χ2n) is 6.13. The Labute approximate surface area is 130 Å². The van der Waals surface area contributed by atoms with Gasteiger partial charge in [0.05, 0.1) is 4.87 Å². The molecule has 0 saturated carbocycles. The summed E-state index contributed by atoms with van der Waals surface area (Å²) in [6.45, 7) is 2.27. The highest BCUT2D eigenvalue weighted by molar-refractivity contribution is 6.26. The lowest BCUT2D eigenvalue weighted by Gasteiger charge is -2.30. The predicted molar refractivity (Wildman–Crippen MR) is 91.3 cm³/mol. The molecule has 2 N–H and O–H groups in total. The first kappa shape index (κ1) is 17.8. The molecule has 2 atom stereocenters. The zero-order valence-corrected chi connectivity index (χ0v) is 13.9. The molecule has 0 radical (unpaired) electrons. The quantitative estimate of drug-likeness (QED) is 0.382. The lowest BCUT2D eigenvalue weighted by Crippen LogP contribution is -2.41. The Bertz CT molecular complexity index is 298. The minimum Gasteiger partial charge on any atom is -0.323 e. The van der Waals surface area contributed by atoms with Crippen LogP contribution in [0.4, 0.5) is 0 Å². The second-order valence-corrected chi connectivity index (χ2v) is 6.83. The minimum absolute atomic E-state index is 0.0345. The number of nitrogens with two attached hydrogens (primary N) is 1. The summed E-state index contributed by atoms with van der Waals surface area (Å²) in [4.78, 5) is -0.338. The summed E-state index contributed by atoms with van der Waals surface area (Å²) >= 11 is 6.57. The zero-order chi connectivity index (χ0) is 14.7. The van der Waals surface area contributed by atoms with Crippen LogP contribution >= 0.6 is 11.6 Å². The van der Waals surface area contributed by atoms with Gasteiger partial charge in [-0.15, -0.1) is 11.6 Å². The molecule has 0 aliphatic heterocycles. The molecule has 1 aliphatic rings. The molecular weight excluding hydrogens is 266 g/mol. The third-order valence-corrected chi connectivity index (χ3v) is 4.84. The number of unbranched alkanes of at least 4 members (excludes halogenated alkanes) is 9. The Morgan fingerprint density at radius 1 is 0.900 bits per heavy atom. The van der Waals surface area contributed by atoms with Gasteiger partial charge in [0, 0.05) is 6.04 Å². The van der Waals surface area contributed by atoms with Crippen molar-refractivity contribution in [2.24, 2.45) is 5.73 Å². The van der Waals surface area contributed by atoms with Crippen molar-refractivity contribution >= 4 is 11.6 Å². The zero-order valence-electron chi connectivity index (χ0n) is 13.1. The van der Waals surface area contributed by atoms with Gasteiger partial charge in [-0.05, 0) is 6.42 Å². The predicted octanol–water partition coefficient (Wildman–Crippen LogP) is 5.73. The van der Waals surface area contributed by atoms with Crippen LogP contribution in [0.3, 0.4) is 0 Å². The highest BCUT2D eigenvalue weighted by Gasteiger charge is 2.30. The molecule has 0 fully saturated rings. The summed E-state index contributed by atoms with van der Waals surface area (Å²) in [6.07, 6.45) is 22.7. The molecule has 0 heterocycles. The van der Waals surface area contributed by atoms with E-state index in [9.17, 15) is 0 Å². The van der Waals surface area contributed by atoms with Crippen molar-refractivity contribution in [2.75, 3.05) is 0 Å². The number of rotatable bonds is 11. The van der Waals surface area contributed by atoms with Crippen LogP contribution in [-0.2, 0) is 0 Å². The summed E-state index contributed by atoms with van der Waals surface area (Å²) in [5.41, 5.74) is 6.06. The summed E-state index contributed by atoms with van der Waals surface area (Å²) in [7, 11) is 0. The number of halogens is 1. The van der Waals surface area contributed by atoms with E-state index in [2.05, 4.69) is 13.0 Å². The molecule has 0 aromatic carbocycles. The van der Waals surface area contributed by atoms with Gasteiger partial charge in [0.15, 0.2) is 0 Å². The van der Waals surface area contributed by atoms with Crippen molar-refractivity contribution in [3.63, 3.8) is 0 Å². The molecule has 0 saturated heterocycles. The molecule has 2 heteroatoms. The maximum Gasteiger partial charge on any atom is 0.0815 e. The number of allylic oxidation sites excluding steroid dienone is 2. The van der Waals surface area contributed by atoms with Crippen molar-refractivity contribution in [1.29, 1.82) is 0 Å². The van der Waals surface area contributed by atoms with Crippen LogP contribution in [0.2, 0.25) is 0 Å². The largest absolute Gasteiger partial charge is 0.323 e. The Morgan fingerprint density at radius 2 is 1.45 bits per heavy atom. The van der Waals surface area contributed by atoms with Gasteiger partial charge >= 0.3 is 0 Å². The lowest BCUT2D eigenvalue weighted by atomic mass is 9.89. The average molecular weight is 298 g/mol. The third kappa shape index (κ3) is 6.95. The van der Waals surface area contributed by atoms with Crippen molar-refractivity contribution in [3.8, 4) is 0 Å². The first-order valence-corrected chi connectivity index (χ1v) is 8.87. The van der Waals surface area contributed by atoms with E-state index in [-0.39, 0.29) is 10.9 Å². The van der Waals surface area contributed by atoms with Crippen molar-refractivity contribution in [1.82, 2.24) is 0 Å². The van der Waals surface area contributed by atoms with Crippen LogP contribution < -0.4 is 5.73 Å². The Hall–Kier alpha value is -0.270. The van der Waals surface area contributed by atoms with Gasteiger partial charge in [0.1, 0.15) is 0 Å². The Morgan fingerprint density at radius 3 is 2.00 bits per heavy atom. The van der Waals surface area contributed by atoms with Gasteiger partial charge in [-0.25, -0.2) is 0 Å². The summed E-state index contributed by atoms with van der Waals surface area (Å²) in [5.74, 6) is 0. The molecule has 0 bridgehead atoms. The smallest absolute Gasteiger partial charge is 0.0815 e. The summed E-state index contributed by atoms with van der Waals surface area (Å²) in [6, 6.07) is -0.0345. The van der Waals surface area contributed by atoms with E-state index in [1.54, 1.807) is 0 Å². The first-order valence-electron chi connectivity index (χ1n) is 8.49. The highest BCUT2D eigenvalue weighted by Crippen LogP contribution is 2.30. The molecule has 0 spiro atoms. The van der Waals surface area contributed by atoms with Gasteiger partial charge in [0.2, 0.25) is 0 Å². The average Bonchev–Trinajstić information content (AvgIpc) is 2.44. The van der Waals surface area contributed by atoms with Crippen LogP contribution in [0.1, 0.15) is 77.6 Å². The van der Waals surface area contributed by atoms with Crippen molar-refractivity contribution < 1.29 is 0 Å². The Kier molecular flexibility index (Phi) is 9.30. The number of hydrogen-bond donors (Lipinski definition) is 1. The molecule has 0 aromatic heterocycles. The van der Waals surface area contributed by atoms with E-state index in [0.29, 0.717) is 0 Å². The maximum absolute atomic E-state index is 6.57. The molecule has 1 rings (SSSR count). The lowest BCUT2D eigenvalue weighted by molar-refractivity contribution is 0.502. The molecule has 1 aliphatic carbocycles. The van der Waals surface area contributed by atoms with E-state index in [4.69, 9.17) is 17.3 Å². The van der Waals surface area contributed by atoms with Crippen molar-refractivity contribution in [3.05, 3.63) is 24.3 Å². The van der Waals surface area contributed by atoms with Gasteiger partial charge in [-0.3, -0.25) is 0 Å². The molecule has 1 nitrogen and oxygen atoms in total. The fourth-order valence-corrected chi connectivity index (χ4v) is 3.08. The van der Waals surface area contributed by atoms with E-state index in [1.807, 2.05) is 18.2 Å². The standard InChI is InChI=1S/C18H32ClN/c1-2-3-4-5-6-7-8-9-10-12-15-18(19)16-13-11-14-17(18)20/h11,13-14,16-17H,2-10,12,15,20H2,1H3. The minimum atomic E-state index is -0.338. The molecule has 2 unspecified atom stereocenters. The maximum atomic E-state index is 6.57. The SMILES string of the molecule is CCCCCCCCCCCCC1(Cl)C=CC=CC1N. The van der Waals surface area contributed by atoms with Gasteiger partial charge < -0.3 is 5.73 Å². The molecule has 0 amide bonds. The van der Waals surface area contributed by atoms with Crippen LogP contribution in [0.15, 0.2) is 24.3 Å². The van der Waals surface area contributed by atoms with E-state index >= 15 is 0 Å². The van der Waals surface area contributed by atoms with Gasteiger partial charge in [-0.1, -0.05) is 95.4 Å². The first-order chi connectivity index (χ1) is 9.69.